The summed E-state index contributed by atoms with van der Waals surface area (Å²) in [5.41, 5.74) is 3.06. The average Bonchev–Trinajstić information content (AvgIpc) is 3.35. The lowest BCUT2D eigenvalue weighted by Crippen LogP contribution is -2.33. The van der Waals surface area contributed by atoms with Crippen molar-refractivity contribution in [1.82, 2.24) is 10.3 Å². The maximum atomic E-state index is 12.2. The summed E-state index contributed by atoms with van der Waals surface area (Å²) in [6, 6.07) is 20.8. The van der Waals surface area contributed by atoms with E-state index in [4.69, 9.17) is 14.3 Å². The Morgan fingerprint density at radius 1 is 1.08 bits per heavy atom. The van der Waals surface area contributed by atoms with Gasteiger partial charge in [-0.05, 0) is 48.4 Å². The Bertz CT molecular complexity index is 1300. The maximum Gasteiger partial charge on any atom is 0.305 e. The monoisotopic (exact) mass is 501 g/mol. The Labute approximate surface area is 215 Å². The average molecular weight is 502 g/mol. The van der Waals surface area contributed by atoms with E-state index in [2.05, 4.69) is 29.5 Å². The summed E-state index contributed by atoms with van der Waals surface area (Å²) in [7, 11) is 0. The number of carboxylic acid groups (broad SMARTS) is 1. The van der Waals surface area contributed by atoms with Crippen LogP contribution in [0.1, 0.15) is 37.0 Å². The molecule has 8 nitrogen and oxygen atoms in total. The number of aromatic nitrogens is 1. The zero-order valence-electron chi connectivity index (χ0n) is 20.9. The summed E-state index contributed by atoms with van der Waals surface area (Å²) in [5, 5.41) is 15.9. The first kappa shape index (κ1) is 25.8. The smallest absolute Gasteiger partial charge is 0.305 e. The molecular weight excluding hydrogens is 470 g/mol. The quantitative estimate of drug-likeness (QED) is 0.231. The lowest BCUT2D eigenvalue weighted by molar-refractivity contribution is -0.136. The summed E-state index contributed by atoms with van der Waals surface area (Å²) < 4.78 is 11.9. The van der Waals surface area contributed by atoms with E-state index in [1.807, 2.05) is 54.6 Å². The van der Waals surface area contributed by atoms with Crippen molar-refractivity contribution in [1.29, 1.82) is 0 Å². The Morgan fingerprint density at radius 3 is 2.54 bits per heavy atom. The normalized spacial score (nSPS) is 12.6. The van der Waals surface area contributed by atoms with E-state index in [-0.39, 0.29) is 24.9 Å². The number of benzene rings is 2. The van der Waals surface area contributed by atoms with Crippen LogP contribution in [0.5, 0.6) is 5.88 Å². The van der Waals surface area contributed by atoms with Crippen LogP contribution in [0.4, 0.5) is 5.69 Å². The number of furan rings is 1. The number of fused-ring (bicyclic) bond motifs is 1. The molecule has 0 fully saturated rings. The van der Waals surface area contributed by atoms with Crippen molar-refractivity contribution in [3.05, 3.63) is 78.5 Å². The molecule has 0 saturated carbocycles. The highest BCUT2D eigenvalue weighted by molar-refractivity contribution is 5.94. The highest BCUT2D eigenvalue weighted by Crippen LogP contribution is 2.28. The summed E-state index contributed by atoms with van der Waals surface area (Å²) in [6.45, 7) is 4.80. The second-order valence-corrected chi connectivity index (χ2v) is 8.96. The van der Waals surface area contributed by atoms with Crippen LogP contribution in [0.25, 0.3) is 22.3 Å². The molecule has 0 radical (unpaired) electrons. The number of aliphatic carboxylic acids is 1. The molecule has 37 heavy (non-hydrogen) atoms. The molecule has 2 atom stereocenters. The summed E-state index contributed by atoms with van der Waals surface area (Å²) in [4.78, 5) is 27.3. The minimum Gasteiger partial charge on any atom is -0.481 e. The van der Waals surface area contributed by atoms with Gasteiger partial charge >= 0.3 is 5.97 Å². The number of carbonyl (C=O) groups is 2. The number of pyridine rings is 1. The minimum absolute atomic E-state index is 0.0251. The van der Waals surface area contributed by atoms with E-state index < -0.39 is 5.97 Å². The molecule has 0 saturated heterocycles. The van der Waals surface area contributed by atoms with Crippen molar-refractivity contribution < 1.29 is 23.8 Å². The zero-order chi connectivity index (χ0) is 26.2. The fourth-order valence-corrected chi connectivity index (χ4v) is 3.86. The van der Waals surface area contributed by atoms with Crippen molar-refractivity contribution in [3.63, 3.8) is 0 Å². The first-order valence-electron chi connectivity index (χ1n) is 12.4. The second kappa shape index (κ2) is 12.1. The molecule has 0 unspecified atom stereocenters. The number of rotatable bonds is 12. The summed E-state index contributed by atoms with van der Waals surface area (Å²) >= 11 is 0. The van der Waals surface area contributed by atoms with Gasteiger partial charge in [-0.1, -0.05) is 38.5 Å². The second-order valence-electron chi connectivity index (χ2n) is 8.96. The molecule has 0 aliphatic rings. The highest BCUT2D eigenvalue weighted by Gasteiger charge is 2.18. The molecule has 0 spiro atoms. The van der Waals surface area contributed by atoms with Crippen LogP contribution in [0.2, 0.25) is 0 Å². The molecule has 2 aromatic carbocycles. The van der Waals surface area contributed by atoms with Crippen molar-refractivity contribution in [2.75, 3.05) is 18.5 Å². The van der Waals surface area contributed by atoms with Crippen molar-refractivity contribution in [2.24, 2.45) is 5.92 Å². The summed E-state index contributed by atoms with van der Waals surface area (Å²) in [6.07, 6.45) is 2.60. The van der Waals surface area contributed by atoms with Crippen LogP contribution >= 0.6 is 0 Å². The lowest BCUT2D eigenvalue weighted by Gasteiger charge is -2.25. The van der Waals surface area contributed by atoms with Gasteiger partial charge in [0.05, 0.1) is 12.5 Å². The van der Waals surface area contributed by atoms with E-state index in [1.54, 1.807) is 18.3 Å². The number of ether oxygens (including phenoxy) is 1. The fourth-order valence-electron chi connectivity index (χ4n) is 3.86. The lowest BCUT2D eigenvalue weighted by atomic mass is 9.99. The number of hydrogen-bond acceptors (Lipinski definition) is 6. The largest absolute Gasteiger partial charge is 0.481 e. The van der Waals surface area contributed by atoms with Crippen molar-refractivity contribution >= 4 is 28.5 Å². The van der Waals surface area contributed by atoms with E-state index in [0.717, 1.165) is 34.4 Å². The third-order valence-corrected chi connectivity index (χ3v) is 6.31. The first-order valence-corrected chi connectivity index (χ1v) is 12.4. The van der Waals surface area contributed by atoms with Gasteiger partial charge in [0.1, 0.15) is 18.0 Å². The number of hydrogen-bond donors (Lipinski definition) is 3. The minimum atomic E-state index is -0.949. The van der Waals surface area contributed by atoms with Gasteiger partial charge in [-0.15, -0.1) is 0 Å². The van der Waals surface area contributed by atoms with Gasteiger partial charge in [0.15, 0.2) is 0 Å². The number of carbonyl (C=O) groups excluding carboxylic acids is 1. The Balaban J connectivity index is 1.35. The van der Waals surface area contributed by atoms with Gasteiger partial charge in [-0.3, -0.25) is 9.59 Å². The highest BCUT2D eigenvalue weighted by atomic mass is 16.5. The van der Waals surface area contributed by atoms with Gasteiger partial charge in [-0.25, -0.2) is 4.98 Å². The molecule has 1 amide bonds. The van der Waals surface area contributed by atoms with Crippen molar-refractivity contribution in [3.8, 4) is 17.2 Å². The van der Waals surface area contributed by atoms with E-state index in [9.17, 15) is 9.59 Å². The Hall–Kier alpha value is -4.33. The number of para-hydroxylation sites is 1. The van der Waals surface area contributed by atoms with E-state index in [0.29, 0.717) is 24.0 Å². The number of anilines is 1. The van der Waals surface area contributed by atoms with Crippen LogP contribution in [-0.4, -0.2) is 41.2 Å². The van der Waals surface area contributed by atoms with Crippen LogP contribution in [-0.2, 0) is 4.79 Å². The van der Waals surface area contributed by atoms with Crippen LogP contribution in [0.3, 0.4) is 0 Å². The standard InChI is InChI=1S/C29H31N3O5/c1-3-19(2)24(32-23-11-8-20(9-12-23)29(35)30-15-14-28(33)34)18-36-27-13-10-22(17-31-27)26-16-21-6-4-5-7-25(21)37-26/h4-13,16-17,19,24,32H,3,14-15,18H2,1-2H3,(H,30,35)(H,33,34)/t19-,24+/m0/s1. The van der Waals surface area contributed by atoms with Gasteiger partial charge in [0.25, 0.3) is 5.91 Å². The van der Waals surface area contributed by atoms with E-state index >= 15 is 0 Å². The molecule has 4 aromatic rings. The zero-order valence-corrected chi connectivity index (χ0v) is 20.9. The van der Waals surface area contributed by atoms with Gasteiger partial charge < -0.3 is 24.9 Å². The SMILES string of the molecule is CC[C@H](C)[C@@H](COc1ccc(-c2cc3ccccc3o2)cn1)Nc1ccc(C(=O)NCCC(=O)O)cc1. The third kappa shape index (κ3) is 6.88. The van der Waals surface area contributed by atoms with Crippen LogP contribution < -0.4 is 15.4 Å². The molecular formula is C29H31N3O5. The maximum absolute atomic E-state index is 12.2. The summed E-state index contributed by atoms with van der Waals surface area (Å²) in [5.74, 6) is 0.373. The fraction of sp³-hybridized carbons (Fsp3) is 0.276. The van der Waals surface area contributed by atoms with Crippen LogP contribution in [0.15, 0.2) is 77.3 Å². The third-order valence-electron chi connectivity index (χ3n) is 6.31. The molecule has 2 heterocycles. The molecule has 0 bridgehead atoms. The number of carboxylic acids is 1. The predicted octanol–water partition coefficient (Wildman–Crippen LogP) is 5.60. The number of amides is 1. The molecule has 3 N–H and O–H groups in total. The van der Waals surface area contributed by atoms with Crippen molar-refractivity contribution in [2.45, 2.75) is 32.7 Å². The topological polar surface area (TPSA) is 114 Å². The first-order chi connectivity index (χ1) is 17.9. The Kier molecular flexibility index (Phi) is 8.40. The van der Waals surface area contributed by atoms with Gasteiger partial charge in [-0.2, -0.15) is 0 Å². The number of nitrogens with one attached hydrogen (secondary N) is 2. The molecule has 0 aliphatic heterocycles. The number of nitrogens with zero attached hydrogens (tertiary/aromatic N) is 1. The van der Waals surface area contributed by atoms with Crippen LogP contribution in [0, 0.1) is 5.92 Å². The predicted molar refractivity (Wildman–Crippen MR) is 143 cm³/mol. The molecule has 4 rings (SSSR count). The molecule has 8 heteroatoms. The molecule has 0 aliphatic carbocycles. The molecule has 2 aromatic heterocycles. The molecule has 192 valence electrons. The van der Waals surface area contributed by atoms with Gasteiger partial charge in [0.2, 0.25) is 5.88 Å². The van der Waals surface area contributed by atoms with Gasteiger partial charge in [0, 0.05) is 41.0 Å². The Morgan fingerprint density at radius 2 is 1.86 bits per heavy atom. The van der Waals surface area contributed by atoms with E-state index in [1.165, 1.54) is 0 Å².